The smallest absolute Gasteiger partial charge is 0.00430 e. The third-order valence-corrected chi connectivity index (χ3v) is 4.35. The van der Waals surface area contributed by atoms with Gasteiger partial charge in [-0.3, -0.25) is 0 Å². The minimum absolute atomic E-state index is 0.690. The molecule has 0 aliphatic heterocycles. The zero-order chi connectivity index (χ0) is 12.3. The Kier molecular flexibility index (Phi) is 4.22. The molecule has 1 saturated carbocycles. The molecule has 1 nitrogen and oxygen atoms in total. The Hall–Kier alpha value is -0.820. The Balaban J connectivity index is 2.22. The second-order valence-corrected chi connectivity index (χ2v) is 5.62. The second-order valence-electron chi connectivity index (χ2n) is 5.62. The van der Waals surface area contributed by atoms with Crippen molar-refractivity contribution in [3.8, 4) is 0 Å². The average Bonchev–Trinajstić information content (AvgIpc) is 2.39. The third-order valence-electron chi connectivity index (χ3n) is 4.35. The summed E-state index contributed by atoms with van der Waals surface area (Å²) in [6, 6.07) is 9.13. The maximum atomic E-state index is 5.95. The van der Waals surface area contributed by atoms with Crippen LogP contribution in [-0.4, -0.2) is 6.54 Å². The molecule has 94 valence electrons. The molecule has 3 atom stereocenters. The first-order chi connectivity index (χ1) is 8.24. The van der Waals surface area contributed by atoms with Gasteiger partial charge in [-0.25, -0.2) is 0 Å². The molecule has 0 spiro atoms. The van der Waals surface area contributed by atoms with Crippen LogP contribution in [0, 0.1) is 11.8 Å². The van der Waals surface area contributed by atoms with E-state index < -0.39 is 0 Å². The number of nitrogens with two attached hydrogens (primary N) is 1. The van der Waals surface area contributed by atoms with E-state index in [0.29, 0.717) is 11.8 Å². The van der Waals surface area contributed by atoms with Crippen LogP contribution in [0.5, 0.6) is 0 Å². The average molecular weight is 231 g/mol. The summed E-state index contributed by atoms with van der Waals surface area (Å²) in [5.41, 5.74) is 8.92. The Morgan fingerprint density at radius 1 is 1.29 bits per heavy atom. The lowest BCUT2D eigenvalue weighted by Crippen LogP contribution is -2.28. The van der Waals surface area contributed by atoms with Crippen molar-refractivity contribution < 1.29 is 0 Å². The normalized spacial score (nSPS) is 29.2. The molecule has 1 aliphatic rings. The lowest BCUT2D eigenvalue weighted by molar-refractivity contribution is 0.253. The number of rotatable bonds is 3. The highest BCUT2D eigenvalue weighted by Crippen LogP contribution is 2.40. The van der Waals surface area contributed by atoms with Crippen molar-refractivity contribution in [2.45, 2.75) is 45.4 Å². The zero-order valence-electron chi connectivity index (χ0n) is 11.2. The summed E-state index contributed by atoms with van der Waals surface area (Å²) in [4.78, 5) is 0. The molecule has 3 unspecified atom stereocenters. The van der Waals surface area contributed by atoms with E-state index in [0.717, 1.165) is 18.9 Å². The maximum absolute atomic E-state index is 5.95. The molecule has 0 aromatic heterocycles. The molecule has 0 amide bonds. The van der Waals surface area contributed by atoms with Crippen molar-refractivity contribution >= 4 is 0 Å². The largest absolute Gasteiger partial charge is 0.330 e. The van der Waals surface area contributed by atoms with E-state index in [4.69, 9.17) is 5.73 Å². The predicted octanol–water partition coefficient (Wildman–Crippen LogP) is 3.73. The first-order valence-electron chi connectivity index (χ1n) is 7.03. The topological polar surface area (TPSA) is 26.0 Å². The molecule has 1 aromatic carbocycles. The van der Waals surface area contributed by atoms with Gasteiger partial charge in [0.15, 0.2) is 0 Å². The molecule has 0 radical (unpaired) electrons. The quantitative estimate of drug-likeness (QED) is 0.843. The molecule has 1 aromatic rings. The minimum Gasteiger partial charge on any atom is -0.330 e. The third kappa shape index (κ3) is 2.90. The van der Waals surface area contributed by atoms with Gasteiger partial charge in [-0.1, -0.05) is 44.5 Å². The summed E-state index contributed by atoms with van der Waals surface area (Å²) in [7, 11) is 0. The summed E-state index contributed by atoms with van der Waals surface area (Å²) >= 11 is 0. The van der Waals surface area contributed by atoms with Crippen molar-refractivity contribution in [2.75, 3.05) is 6.54 Å². The van der Waals surface area contributed by atoms with Crippen molar-refractivity contribution in [2.24, 2.45) is 17.6 Å². The Morgan fingerprint density at radius 2 is 2.12 bits per heavy atom. The van der Waals surface area contributed by atoms with Crippen molar-refractivity contribution in [3.05, 3.63) is 35.4 Å². The van der Waals surface area contributed by atoms with E-state index in [9.17, 15) is 0 Å². The Bertz CT molecular complexity index is 358. The fourth-order valence-electron chi connectivity index (χ4n) is 3.18. The minimum atomic E-state index is 0.690. The van der Waals surface area contributed by atoms with Crippen molar-refractivity contribution in [1.82, 2.24) is 0 Å². The van der Waals surface area contributed by atoms with Crippen LogP contribution in [-0.2, 0) is 6.42 Å². The molecule has 17 heavy (non-hydrogen) atoms. The molecule has 1 fully saturated rings. The van der Waals surface area contributed by atoms with Gasteiger partial charge in [0.1, 0.15) is 0 Å². The molecule has 1 heteroatoms. The first-order valence-corrected chi connectivity index (χ1v) is 7.03. The summed E-state index contributed by atoms with van der Waals surface area (Å²) in [6.45, 7) is 5.44. The van der Waals surface area contributed by atoms with Gasteiger partial charge in [0, 0.05) is 0 Å². The van der Waals surface area contributed by atoms with Crippen molar-refractivity contribution in [1.29, 1.82) is 0 Å². The van der Waals surface area contributed by atoms with Crippen LogP contribution in [0.25, 0.3) is 0 Å². The SMILES string of the molecule is CCc1cccc(C2CC(C)CCC2CN)c1. The second kappa shape index (κ2) is 5.68. The fourth-order valence-corrected chi connectivity index (χ4v) is 3.18. The van der Waals surface area contributed by atoms with E-state index in [1.165, 1.54) is 30.4 Å². The van der Waals surface area contributed by atoms with Gasteiger partial charge in [0.05, 0.1) is 0 Å². The van der Waals surface area contributed by atoms with E-state index in [1.54, 1.807) is 0 Å². The van der Waals surface area contributed by atoms with Gasteiger partial charge in [-0.2, -0.15) is 0 Å². The number of benzene rings is 1. The van der Waals surface area contributed by atoms with Crippen LogP contribution in [0.15, 0.2) is 24.3 Å². The predicted molar refractivity (Wildman–Crippen MR) is 74.1 cm³/mol. The Labute approximate surface area is 105 Å². The van der Waals surface area contributed by atoms with Crippen LogP contribution >= 0.6 is 0 Å². The maximum Gasteiger partial charge on any atom is -0.00430 e. The van der Waals surface area contributed by atoms with Crippen LogP contribution in [0.2, 0.25) is 0 Å². The highest BCUT2D eigenvalue weighted by molar-refractivity contribution is 5.27. The summed E-state index contributed by atoms with van der Waals surface area (Å²) in [5.74, 6) is 2.24. The van der Waals surface area contributed by atoms with Gasteiger partial charge in [-0.15, -0.1) is 0 Å². The van der Waals surface area contributed by atoms with Crippen molar-refractivity contribution in [3.63, 3.8) is 0 Å². The number of aryl methyl sites for hydroxylation is 1. The van der Waals surface area contributed by atoms with Gasteiger partial charge in [0.25, 0.3) is 0 Å². The number of hydrogen-bond donors (Lipinski definition) is 1. The molecule has 0 bridgehead atoms. The van der Waals surface area contributed by atoms with Gasteiger partial charge >= 0.3 is 0 Å². The van der Waals surface area contributed by atoms with E-state index >= 15 is 0 Å². The lowest BCUT2D eigenvalue weighted by Gasteiger charge is -2.34. The standard InChI is InChI=1S/C16H25N/c1-3-13-5-4-6-14(10-13)16-9-12(2)7-8-15(16)11-17/h4-6,10,12,15-16H,3,7-9,11,17H2,1-2H3. The molecule has 0 heterocycles. The highest BCUT2D eigenvalue weighted by atomic mass is 14.6. The van der Waals surface area contributed by atoms with E-state index in [-0.39, 0.29) is 0 Å². The summed E-state index contributed by atoms with van der Waals surface area (Å²) < 4.78 is 0. The molecule has 0 saturated heterocycles. The molecule has 1 aliphatic carbocycles. The van der Waals surface area contributed by atoms with E-state index in [2.05, 4.69) is 38.1 Å². The summed E-state index contributed by atoms with van der Waals surface area (Å²) in [5, 5.41) is 0. The zero-order valence-corrected chi connectivity index (χ0v) is 11.2. The Morgan fingerprint density at radius 3 is 2.82 bits per heavy atom. The van der Waals surface area contributed by atoms with Crippen LogP contribution < -0.4 is 5.73 Å². The van der Waals surface area contributed by atoms with Gasteiger partial charge in [-0.05, 0) is 54.7 Å². The van der Waals surface area contributed by atoms with Crippen LogP contribution in [0.4, 0.5) is 0 Å². The van der Waals surface area contributed by atoms with Gasteiger partial charge in [0.2, 0.25) is 0 Å². The molecular formula is C16H25N. The molecule has 2 N–H and O–H groups in total. The number of hydrogen-bond acceptors (Lipinski definition) is 1. The van der Waals surface area contributed by atoms with Crippen LogP contribution in [0.1, 0.15) is 50.2 Å². The summed E-state index contributed by atoms with van der Waals surface area (Å²) in [6.07, 6.45) is 5.10. The first kappa shape index (κ1) is 12.6. The van der Waals surface area contributed by atoms with E-state index in [1.807, 2.05) is 0 Å². The highest BCUT2D eigenvalue weighted by Gasteiger charge is 2.28. The molecule has 2 rings (SSSR count). The van der Waals surface area contributed by atoms with Gasteiger partial charge < -0.3 is 5.73 Å². The lowest BCUT2D eigenvalue weighted by atomic mass is 9.71. The monoisotopic (exact) mass is 231 g/mol. The molecular weight excluding hydrogens is 206 g/mol. The fraction of sp³-hybridized carbons (Fsp3) is 0.625. The van der Waals surface area contributed by atoms with Crippen LogP contribution in [0.3, 0.4) is 0 Å².